The van der Waals surface area contributed by atoms with E-state index < -0.39 is 0 Å². The molecule has 0 aliphatic carbocycles. The Labute approximate surface area is 81.7 Å². The predicted molar refractivity (Wildman–Crippen MR) is 50.4 cm³/mol. The Bertz CT molecular complexity index is 341. The second-order valence-electron chi connectivity index (χ2n) is 2.61. The fraction of sp³-hybridized carbons (Fsp3) is 0.250. The van der Waals surface area contributed by atoms with E-state index in [1.807, 2.05) is 0 Å². The second kappa shape index (κ2) is 3.62. The molecular weight excluding hydrogens is 192 g/mol. The Morgan fingerprint density at radius 3 is 3.08 bits per heavy atom. The van der Waals surface area contributed by atoms with E-state index in [2.05, 4.69) is 10.3 Å². The number of halogens is 1. The molecule has 0 spiro atoms. The molecule has 1 aliphatic heterocycles. The predicted octanol–water partition coefficient (Wildman–Crippen LogP) is 1.01. The van der Waals surface area contributed by atoms with Gasteiger partial charge in [-0.15, -0.1) is 12.4 Å². The van der Waals surface area contributed by atoms with Crippen LogP contribution in [0.3, 0.4) is 0 Å². The topological polar surface area (TPSA) is 51.2 Å². The lowest BCUT2D eigenvalue weighted by Gasteiger charge is -2.00. The summed E-state index contributed by atoms with van der Waals surface area (Å²) in [7, 11) is 1.55. The van der Waals surface area contributed by atoms with E-state index in [1.54, 1.807) is 19.4 Å². The molecule has 0 atom stereocenters. The molecule has 1 aliphatic rings. The normalized spacial score (nSPS) is 12.8. The van der Waals surface area contributed by atoms with Crippen molar-refractivity contribution in [2.75, 3.05) is 12.4 Å². The third kappa shape index (κ3) is 1.72. The molecule has 70 valence electrons. The number of carbonyl (C=O) groups excluding carboxylic acids is 1. The van der Waals surface area contributed by atoms with Crippen LogP contribution in [0.1, 0.15) is 5.56 Å². The monoisotopic (exact) mass is 200 g/mol. The van der Waals surface area contributed by atoms with Gasteiger partial charge in [0.2, 0.25) is 11.8 Å². The highest BCUT2D eigenvalue weighted by Crippen LogP contribution is 2.24. The molecule has 4 nitrogen and oxygen atoms in total. The van der Waals surface area contributed by atoms with Gasteiger partial charge in [0, 0.05) is 6.07 Å². The molecule has 5 heteroatoms. The molecule has 2 rings (SSSR count). The van der Waals surface area contributed by atoms with Crippen molar-refractivity contribution in [2.45, 2.75) is 6.42 Å². The number of nitrogens with zero attached hydrogens (tertiary/aromatic N) is 1. The van der Waals surface area contributed by atoms with Gasteiger partial charge in [-0.1, -0.05) is 0 Å². The first-order chi connectivity index (χ1) is 5.79. The van der Waals surface area contributed by atoms with Crippen LogP contribution in [0.4, 0.5) is 5.69 Å². The average Bonchev–Trinajstić information content (AvgIpc) is 2.43. The van der Waals surface area contributed by atoms with Crippen LogP contribution in [0, 0.1) is 0 Å². The van der Waals surface area contributed by atoms with Crippen molar-refractivity contribution in [3.05, 3.63) is 17.8 Å². The smallest absolute Gasteiger partial charge is 0.228 e. The summed E-state index contributed by atoms with van der Waals surface area (Å²) >= 11 is 0. The van der Waals surface area contributed by atoms with Gasteiger partial charge in [-0.25, -0.2) is 4.98 Å². The molecule has 0 aromatic carbocycles. The van der Waals surface area contributed by atoms with Crippen LogP contribution < -0.4 is 10.1 Å². The quantitative estimate of drug-likeness (QED) is 0.736. The Morgan fingerprint density at radius 2 is 2.38 bits per heavy atom. The highest BCUT2D eigenvalue weighted by atomic mass is 35.5. The van der Waals surface area contributed by atoms with Crippen LogP contribution in [0.2, 0.25) is 0 Å². The number of carbonyl (C=O) groups is 1. The fourth-order valence-electron chi connectivity index (χ4n) is 1.21. The summed E-state index contributed by atoms with van der Waals surface area (Å²) in [5, 5.41) is 2.69. The first-order valence-corrected chi connectivity index (χ1v) is 3.62. The maximum absolute atomic E-state index is 10.9. The average molecular weight is 201 g/mol. The lowest BCUT2D eigenvalue weighted by atomic mass is 10.2. The molecular formula is C8H9ClN2O2. The second-order valence-corrected chi connectivity index (χ2v) is 2.61. The first-order valence-electron chi connectivity index (χ1n) is 3.62. The van der Waals surface area contributed by atoms with E-state index >= 15 is 0 Å². The van der Waals surface area contributed by atoms with Crippen molar-refractivity contribution in [3.8, 4) is 5.88 Å². The number of hydrogen-bond acceptors (Lipinski definition) is 3. The highest BCUT2D eigenvalue weighted by Gasteiger charge is 2.18. The van der Waals surface area contributed by atoms with Crippen LogP contribution >= 0.6 is 12.4 Å². The van der Waals surface area contributed by atoms with Crippen LogP contribution in [0.15, 0.2) is 12.3 Å². The highest BCUT2D eigenvalue weighted by molar-refractivity contribution is 5.98. The van der Waals surface area contributed by atoms with E-state index in [-0.39, 0.29) is 18.3 Å². The van der Waals surface area contributed by atoms with Crippen LogP contribution in [0.5, 0.6) is 5.88 Å². The molecule has 0 bridgehead atoms. The van der Waals surface area contributed by atoms with Crippen LogP contribution in [-0.2, 0) is 11.2 Å². The summed E-state index contributed by atoms with van der Waals surface area (Å²) in [6, 6.07) is 1.77. The number of fused-ring (bicyclic) bond motifs is 1. The van der Waals surface area contributed by atoms with Gasteiger partial charge in [0.1, 0.15) is 0 Å². The van der Waals surface area contributed by atoms with Crippen molar-refractivity contribution < 1.29 is 9.53 Å². The van der Waals surface area contributed by atoms with Crippen molar-refractivity contribution in [3.63, 3.8) is 0 Å². The Morgan fingerprint density at radius 1 is 1.62 bits per heavy atom. The third-order valence-electron chi connectivity index (χ3n) is 1.80. The van der Waals surface area contributed by atoms with Gasteiger partial charge in [-0.2, -0.15) is 0 Å². The number of rotatable bonds is 1. The summed E-state index contributed by atoms with van der Waals surface area (Å²) in [6.45, 7) is 0. The van der Waals surface area contributed by atoms with Gasteiger partial charge in [0.25, 0.3) is 0 Å². The van der Waals surface area contributed by atoms with E-state index in [1.165, 1.54) is 0 Å². The van der Waals surface area contributed by atoms with Crippen molar-refractivity contribution in [2.24, 2.45) is 0 Å². The number of hydrogen-bond donors (Lipinski definition) is 1. The number of methoxy groups -OCH3 is 1. The van der Waals surface area contributed by atoms with E-state index in [0.717, 1.165) is 11.3 Å². The zero-order valence-electron chi connectivity index (χ0n) is 7.03. The molecule has 0 fully saturated rings. The van der Waals surface area contributed by atoms with Gasteiger partial charge >= 0.3 is 0 Å². The van der Waals surface area contributed by atoms with Gasteiger partial charge in [-0.3, -0.25) is 4.79 Å². The Hall–Kier alpha value is -1.29. The lowest BCUT2D eigenvalue weighted by molar-refractivity contribution is -0.115. The molecule has 0 radical (unpaired) electrons. The van der Waals surface area contributed by atoms with E-state index in [4.69, 9.17) is 4.74 Å². The third-order valence-corrected chi connectivity index (χ3v) is 1.80. The number of nitrogens with one attached hydrogen (secondary N) is 1. The SMILES string of the molecule is COc1cc2c(cn1)NC(=O)C2.Cl. The molecule has 13 heavy (non-hydrogen) atoms. The van der Waals surface area contributed by atoms with Gasteiger partial charge in [-0.05, 0) is 5.56 Å². The lowest BCUT2D eigenvalue weighted by Crippen LogP contribution is -2.03. The van der Waals surface area contributed by atoms with Gasteiger partial charge in [0.05, 0.1) is 25.4 Å². The van der Waals surface area contributed by atoms with Crippen LogP contribution in [0.25, 0.3) is 0 Å². The number of amides is 1. The maximum Gasteiger partial charge on any atom is 0.228 e. The number of aromatic nitrogens is 1. The van der Waals surface area contributed by atoms with Crippen molar-refractivity contribution in [1.29, 1.82) is 0 Å². The summed E-state index contributed by atoms with van der Waals surface area (Å²) in [4.78, 5) is 14.9. The van der Waals surface area contributed by atoms with Gasteiger partial charge < -0.3 is 10.1 Å². The van der Waals surface area contributed by atoms with Crippen LogP contribution in [-0.4, -0.2) is 18.0 Å². The number of ether oxygens (including phenoxy) is 1. The molecule has 1 aromatic heterocycles. The van der Waals surface area contributed by atoms with E-state index in [0.29, 0.717) is 12.3 Å². The molecule has 2 heterocycles. The minimum absolute atomic E-state index is 0. The minimum atomic E-state index is 0. The van der Waals surface area contributed by atoms with Gasteiger partial charge in [0.15, 0.2) is 0 Å². The maximum atomic E-state index is 10.9. The molecule has 1 aromatic rings. The summed E-state index contributed by atoms with van der Waals surface area (Å²) in [6.07, 6.45) is 2.04. The Balaban J connectivity index is 0.000000845. The minimum Gasteiger partial charge on any atom is -0.481 e. The number of anilines is 1. The zero-order valence-corrected chi connectivity index (χ0v) is 7.85. The molecule has 0 unspecified atom stereocenters. The van der Waals surface area contributed by atoms with Crippen molar-refractivity contribution >= 4 is 24.0 Å². The molecule has 0 saturated carbocycles. The summed E-state index contributed by atoms with van der Waals surface area (Å²) in [5.74, 6) is 0.560. The first kappa shape index (κ1) is 9.80. The van der Waals surface area contributed by atoms with E-state index in [9.17, 15) is 4.79 Å². The molecule has 0 saturated heterocycles. The Kier molecular flexibility index (Phi) is 2.72. The molecule has 1 N–H and O–H groups in total. The number of pyridine rings is 1. The standard InChI is InChI=1S/C8H8N2O2.ClH/c1-12-8-3-5-2-7(11)10-6(5)4-9-8;/h3-4H,2H2,1H3,(H,10,11);1H. The fourth-order valence-corrected chi connectivity index (χ4v) is 1.21. The zero-order chi connectivity index (χ0) is 8.55. The largest absolute Gasteiger partial charge is 0.481 e. The summed E-state index contributed by atoms with van der Waals surface area (Å²) in [5.41, 5.74) is 1.74. The summed E-state index contributed by atoms with van der Waals surface area (Å²) < 4.78 is 4.92. The van der Waals surface area contributed by atoms with Crippen molar-refractivity contribution in [1.82, 2.24) is 4.98 Å². The molecule has 1 amide bonds.